The smallest absolute Gasteiger partial charge is 0.263 e. The van der Waals surface area contributed by atoms with Gasteiger partial charge in [0.05, 0.1) is 5.75 Å². The van der Waals surface area contributed by atoms with Crippen LogP contribution in [0.5, 0.6) is 5.75 Å². The van der Waals surface area contributed by atoms with Crippen molar-refractivity contribution in [2.45, 2.75) is 57.6 Å². The quantitative estimate of drug-likeness (QED) is 0.709. The summed E-state index contributed by atoms with van der Waals surface area (Å²) in [5.74, 6) is 1.66. The Morgan fingerprint density at radius 3 is 2.34 bits per heavy atom. The van der Waals surface area contributed by atoms with Crippen molar-refractivity contribution >= 4 is 27.5 Å². The Bertz CT molecular complexity index is 884. The molecule has 0 spiro atoms. The Morgan fingerprint density at radius 1 is 1.21 bits per heavy atom. The van der Waals surface area contributed by atoms with Gasteiger partial charge in [0.2, 0.25) is 10.0 Å². The summed E-state index contributed by atoms with van der Waals surface area (Å²) in [6, 6.07) is 7.02. The molecule has 0 saturated heterocycles. The largest absolute Gasteiger partial charge is 0.478 e. The van der Waals surface area contributed by atoms with Gasteiger partial charge in [-0.25, -0.2) is 13.6 Å². The molecule has 6 nitrogen and oxygen atoms in total. The van der Waals surface area contributed by atoms with Crippen molar-refractivity contribution in [1.82, 2.24) is 5.32 Å². The molecule has 8 heteroatoms. The third-order valence-corrected chi connectivity index (χ3v) is 8.21. The molecule has 2 atom stereocenters. The molecule has 0 aliphatic heterocycles. The Morgan fingerprint density at radius 2 is 1.79 bits per heavy atom. The van der Waals surface area contributed by atoms with Gasteiger partial charge in [0.1, 0.15) is 5.75 Å². The summed E-state index contributed by atoms with van der Waals surface area (Å²) < 4.78 is 29.5. The van der Waals surface area contributed by atoms with Crippen LogP contribution in [0.3, 0.4) is 0 Å². The Labute approximate surface area is 177 Å². The molecular weight excluding hydrogens is 412 g/mol. The zero-order valence-corrected chi connectivity index (χ0v) is 18.4. The lowest BCUT2D eigenvalue weighted by Crippen LogP contribution is -2.63. The number of carbonyl (C=O) groups is 1. The van der Waals surface area contributed by atoms with Gasteiger partial charge in [0.25, 0.3) is 5.91 Å². The van der Waals surface area contributed by atoms with Crippen LogP contribution in [0.15, 0.2) is 24.3 Å². The molecule has 3 N–H and O–H groups in total. The lowest BCUT2D eigenvalue weighted by atomic mass is 9.48. The maximum absolute atomic E-state index is 13.1. The maximum Gasteiger partial charge on any atom is 0.263 e. The third kappa shape index (κ3) is 4.42. The molecule has 5 rings (SSSR count). The zero-order valence-electron chi connectivity index (χ0n) is 16.9. The van der Waals surface area contributed by atoms with Crippen LogP contribution >= 0.6 is 11.6 Å². The fourth-order valence-electron chi connectivity index (χ4n) is 6.20. The van der Waals surface area contributed by atoms with Crippen LogP contribution in [-0.4, -0.2) is 31.7 Å². The highest BCUT2D eigenvalue weighted by molar-refractivity contribution is 7.89. The highest BCUT2D eigenvalue weighted by atomic mass is 35.5. The van der Waals surface area contributed by atoms with Crippen molar-refractivity contribution in [3.63, 3.8) is 0 Å². The predicted molar refractivity (Wildman–Crippen MR) is 112 cm³/mol. The molecule has 160 valence electrons. The number of primary sulfonamides is 1. The zero-order chi connectivity index (χ0) is 21.0. The molecule has 0 aromatic heterocycles. The average molecular weight is 441 g/mol. The summed E-state index contributed by atoms with van der Waals surface area (Å²) in [6.45, 7) is 3.52. The van der Waals surface area contributed by atoms with Gasteiger partial charge in [-0.3, -0.25) is 4.79 Å². The van der Waals surface area contributed by atoms with Crippen molar-refractivity contribution in [2.75, 3.05) is 5.75 Å². The van der Waals surface area contributed by atoms with E-state index in [9.17, 15) is 13.2 Å². The summed E-state index contributed by atoms with van der Waals surface area (Å²) in [7, 11) is -3.50. The van der Waals surface area contributed by atoms with Gasteiger partial charge in [-0.2, -0.15) is 0 Å². The normalized spacial score (nSPS) is 33.5. The van der Waals surface area contributed by atoms with Gasteiger partial charge in [-0.15, -0.1) is 0 Å². The van der Waals surface area contributed by atoms with Gasteiger partial charge in [0, 0.05) is 11.1 Å². The van der Waals surface area contributed by atoms with E-state index < -0.39 is 15.6 Å². The first kappa shape index (κ1) is 20.9. The number of nitrogens with one attached hydrogen (secondary N) is 1. The number of hydrogen-bond donors (Lipinski definition) is 2. The molecule has 29 heavy (non-hydrogen) atoms. The van der Waals surface area contributed by atoms with Gasteiger partial charge >= 0.3 is 0 Å². The Kier molecular flexibility index (Phi) is 5.15. The summed E-state index contributed by atoms with van der Waals surface area (Å²) in [6.07, 6.45) is 4.68. The van der Waals surface area contributed by atoms with E-state index in [2.05, 4.69) is 5.32 Å². The summed E-state index contributed by atoms with van der Waals surface area (Å²) in [5, 5.41) is 9.25. The highest BCUT2D eigenvalue weighted by Crippen LogP contribution is 2.60. The van der Waals surface area contributed by atoms with Crippen molar-refractivity contribution in [2.24, 2.45) is 28.3 Å². The summed E-state index contributed by atoms with van der Waals surface area (Å²) in [4.78, 5) is 13.1. The molecule has 1 aromatic rings. The van der Waals surface area contributed by atoms with Crippen LogP contribution in [0, 0.1) is 23.2 Å². The number of sulfonamides is 1. The number of amides is 1. The fraction of sp³-hybridized carbons (Fsp3) is 0.667. The Balaban J connectivity index is 1.45. The van der Waals surface area contributed by atoms with Gasteiger partial charge in [-0.1, -0.05) is 11.6 Å². The molecule has 4 aliphatic carbocycles. The number of hydrogen-bond acceptors (Lipinski definition) is 4. The minimum atomic E-state index is -3.50. The first-order chi connectivity index (χ1) is 13.4. The van der Waals surface area contributed by atoms with Crippen molar-refractivity contribution < 1.29 is 17.9 Å². The van der Waals surface area contributed by atoms with E-state index in [0.29, 0.717) is 28.5 Å². The van der Waals surface area contributed by atoms with Gasteiger partial charge in [-0.05, 0) is 93.4 Å². The van der Waals surface area contributed by atoms with Crippen LogP contribution in [0.2, 0.25) is 5.02 Å². The standard InChI is InChI=1S/C21H29ClN2O4S/c1-20(2,28-17-5-3-16(22)4-6-17)19(25)24-18-14-7-13-8-15(18)11-21(9-13,10-14)12-29(23,26)27/h3-6,13-15,18H,7-12H2,1-2H3,(H,24,25)(H2,23,26,27). The molecule has 0 heterocycles. The molecular formula is C21H29ClN2O4S. The molecule has 4 fully saturated rings. The second kappa shape index (κ2) is 7.13. The van der Waals surface area contributed by atoms with E-state index in [-0.39, 0.29) is 23.1 Å². The number of benzene rings is 1. The van der Waals surface area contributed by atoms with Gasteiger partial charge < -0.3 is 10.1 Å². The van der Waals surface area contributed by atoms with Crippen LogP contribution < -0.4 is 15.2 Å². The lowest BCUT2D eigenvalue weighted by molar-refractivity contribution is -0.140. The molecule has 4 saturated carbocycles. The van der Waals surface area contributed by atoms with E-state index in [1.807, 2.05) is 0 Å². The SMILES string of the molecule is CC(C)(Oc1ccc(Cl)cc1)C(=O)NC1C2CC3CC1CC(CS(N)(=O)=O)(C3)C2. The first-order valence-electron chi connectivity index (χ1n) is 10.2. The second-order valence-electron chi connectivity index (χ2n) is 9.84. The van der Waals surface area contributed by atoms with Crippen LogP contribution in [0.1, 0.15) is 46.0 Å². The minimum absolute atomic E-state index is 0.0648. The number of nitrogens with two attached hydrogens (primary N) is 1. The highest BCUT2D eigenvalue weighted by Gasteiger charge is 2.57. The predicted octanol–water partition coefficient (Wildman–Crippen LogP) is 3.10. The monoisotopic (exact) mass is 440 g/mol. The number of carbonyl (C=O) groups excluding carboxylic acids is 1. The Hall–Kier alpha value is -1.31. The van der Waals surface area contributed by atoms with E-state index in [0.717, 1.165) is 32.1 Å². The number of halogens is 1. The summed E-state index contributed by atoms with van der Waals surface area (Å²) >= 11 is 5.92. The maximum atomic E-state index is 13.1. The average Bonchev–Trinajstić information content (AvgIpc) is 2.57. The molecule has 4 bridgehead atoms. The van der Waals surface area contributed by atoms with Gasteiger partial charge in [0.15, 0.2) is 5.60 Å². The molecule has 1 aromatic carbocycles. The topological polar surface area (TPSA) is 98.5 Å². The fourth-order valence-corrected chi connectivity index (χ4v) is 7.53. The second-order valence-corrected chi connectivity index (χ2v) is 11.9. The molecule has 1 amide bonds. The van der Waals surface area contributed by atoms with Crippen molar-refractivity contribution in [1.29, 1.82) is 0 Å². The molecule has 2 unspecified atom stereocenters. The molecule has 0 radical (unpaired) electrons. The van der Waals surface area contributed by atoms with E-state index in [4.69, 9.17) is 21.5 Å². The van der Waals surface area contributed by atoms with Crippen LogP contribution in [0.25, 0.3) is 0 Å². The third-order valence-electron chi connectivity index (χ3n) is 6.94. The van der Waals surface area contributed by atoms with E-state index in [1.54, 1.807) is 38.1 Å². The first-order valence-corrected chi connectivity index (χ1v) is 12.3. The number of ether oxygens (including phenoxy) is 1. The molecule has 4 aliphatic rings. The van der Waals surface area contributed by atoms with Crippen LogP contribution in [-0.2, 0) is 14.8 Å². The van der Waals surface area contributed by atoms with Crippen molar-refractivity contribution in [3.8, 4) is 5.75 Å². The minimum Gasteiger partial charge on any atom is -0.478 e. The van der Waals surface area contributed by atoms with Crippen LogP contribution in [0.4, 0.5) is 0 Å². The van der Waals surface area contributed by atoms with E-state index in [1.165, 1.54) is 0 Å². The summed E-state index contributed by atoms with van der Waals surface area (Å²) in [5.41, 5.74) is -1.23. The lowest BCUT2D eigenvalue weighted by Gasteiger charge is -2.60. The number of rotatable bonds is 6. The van der Waals surface area contributed by atoms with E-state index >= 15 is 0 Å². The van der Waals surface area contributed by atoms with Crippen molar-refractivity contribution in [3.05, 3.63) is 29.3 Å².